The van der Waals surface area contributed by atoms with Crippen LogP contribution in [0.2, 0.25) is 0 Å². The molecule has 1 heterocycles. The van der Waals surface area contributed by atoms with Crippen LogP contribution >= 0.6 is 0 Å². The third-order valence-corrected chi connectivity index (χ3v) is 2.83. The number of hydrogen-bond donors (Lipinski definition) is 1. The zero-order chi connectivity index (χ0) is 12.4. The van der Waals surface area contributed by atoms with Gasteiger partial charge in [0.05, 0.1) is 17.4 Å². The van der Waals surface area contributed by atoms with Crippen molar-refractivity contribution in [2.24, 2.45) is 0 Å². The molecule has 0 unspecified atom stereocenters. The number of carbonyl (C=O) groups is 1. The monoisotopic (exact) mass is 236 g/mol. The predicted molar refractivity (Wildman–Crippen MR) is 72.2 cm³/mol. The number of nitrogens with zero attached hydrogens (tertiary/aromatic N) is 1. The van der Waals surface area contributed by atoms with Crippen molar-refractivity contribution in [3.8, 4) is 0 Å². The molecule has 1 aliphatic carbocycles. The predicted octanol–water partition coefficient (Wildman–Crippen LogP) is 3.06. The largest absolute Gasteiger partial charge is 0.357 e. The lowest BCUT2D eigenvalue weighted by Crippen LogP contribution is -2.05. The van der Waals surface area contributed by atoms with E-state index in [0.29, 0.717) is 0 Å². The average molecular weight is 236 g/mol. The molecular formula is C15H12N2O. The number of hydrogen-bond acceptors (Lipinski definition) is 3. The van der Waals surface area contributed by atoms with Crippen molar-refractivity contribution < 1.29 is 4.79 Å². The second-order valence-electron chi connectivity index (χ2n) is 4.22. The third-order valence-electron chi connectivity index (χ3n) is 2.83. The fourth-order valence-corrected chi connectivity index (χ4v) is 1.99. The summed E-state index contributed by atoms with van der Waals surface area (Å²) in [6.07, 6.45) is 7.60. The van der Waals surface area contributed by atoms with Gasteiger partial charge in [0.25, 0.3) is 0 Å². The van der Waals surface area contributed by atoms with E-state index in [4.69, 9.17) is 0 Å². The minimum Gasteiger partial charge on any atom is -0.357 e. The molecule has 0 spiro atoms. The Kier molecular flexibility index (Phi) is 2.65. The van der Waals surface area contributed by atoms with E-state index in [0.717, 1.165) is 28.7 Å². The Morgan fingerprint density at radius 1 is 1.22 bits per heavy atom. The lowest BCUT2D eigenvalue weighted by Gasteiger charge is -2.11. The zero-order valence-corrected chi connectivity index (χ0v) is 9.76. The normalized spacial score (nSPS) is 14.7. The summed E-state index contributed by atoms with van der Waals surface area (Å²) in [6.45, 7) is 0. The molecule has 3 rings (SSSR count). The molecule has 0 aliphatic heterocycles. The zero-order valence-electron chi connectivity index (χ0n) is 9.76. The fourth-order valence-electron chi connectivity index (χ4n) is 1.99. The molecule has 1 aromatic heterocycles. The van der Waals surface area contributed by atoms with Crippen LogP contribution in [0.15, 0.2) is 60.5 Å². The molecule has 0 fully saturated rings. The van der Waals surface area contributed by atoms with E-state index in [1.165, 1.54) is 0 Å². The summed E-state index contributed by atoms with van der Waals surface area (Å²) in [6, 6.07) is 9.99. The summed E-state index contributed by atoms with van der Waals surface area (Å²) < 4.78 is 0. The Hall–Kier alpha value is -2.42. The van der Waals surface area contributed by atoms with Crippen LogP contribution in [0, 0.1) is 0 Å². The van der Waals surface area contributed by atoms with Crippen molar-refractivity contribution in [1.29, 1.82) is 0 Å². The third kappa shape index (κ3) is 2.15. The van der Waals surface area contributed by atoms with Crippen molar-refractivity contribution >= 4 is 22.4 Å². The summed E-state index contributed by atoms with van der Waals surface area (Å²) in [7, 11) is 0. The van der Waals surface area contributed by atoms with Crippen molar-refractivity contribution in [3.05, 3.63) is 60.5 Å². The number of nitrogens with one attached hydrogen (secondary N) is 1. The number of para-hydroxylation sites is 1. The quantitative estimate of drug-likeness (QED) is 0.871. The summed E-state index contributed by atoms with van der Waals surface area (Å²) in [5.74, 6) is 0.0255. The van der Waals surface area contributed by atoms with Gasteiger partial charge in [0.15, 0.2) is 5.78 Å². The van der Waals surface area contributed by atoms with Gasteiger partial charge in [0.2, 0.25) is 0 Å². The number of anilines is 1. The first-order valence-electron chi connectivity index (χ1n) is 5.84. The molecule has 0 radical (unpaired) electrons. The molecule has 1 aromatic carbocycles. The molecule has 2 aromatic rings. The highest BCUT2D eigenvalue weighted by atomic mass is 16.1. The molecule has 1 aliphatic rings. The maximum atomic E-state index is 11.3. The lowest BCUT2D eigenvalue weighted by atomic mass is 10.1. The number of allylic oxidation sites excluding steroid dienone is 3. The maximum Gasteiger partial charge on any atom is 0.180 e. The van der Waals surface area contributed by atoms with Crippen LogP contribution in [-0.2, 0) is 4.79 Å². The Morgan fingerprint density at radius 3 is 3.00 bits per heavy atom. The number of fused-ring (bicyclic) bond motifs is 1. The SMILES string of the molecule is O=C1C=CCC(Nc2cnc3ccccc3c2)=C1. The van der Waals surface area contributed by atoms with Crippen LogP contribution < -0.4 is 5.32 Å². The number of rotatable bonds is 2. The molecule has 0 saturated heterocycles. The smallest absolute Gasteiger partial charge is 0.180 e. The van der Waals surface area contributed by atoms with Crippen LogP contribution in [0.25, 0.3) is 10.9 Å². The van der Waals surface area contributed by atoms with Crippen LogP contribution in [0.5, 0.6) is 0 Å². The van der Waals surface area contributed by atoms with Gasteiger partial charge < -0.3 is 5.32 Å². The summed E-state index contributed by atoms with van der Waals surface area (Å²) in [5, 5.41) is 4.31. The van der Waals surface area contributed by atoms with E-state index in [-0.39, 0.29) is 5.78 Å². The Bertz CT molecular complexity index is 671. The van der Waals surface area contributed by atoms with Crippen molar-refractivity contribution in [1.82, 2.24) is 4.98 Å². The van der Waals surface area contributed by atoms with Crippen LogP contribution in [-0.4, -0.2) is 10.8 Å². The van der Waals surface area contributed by atoms with E-state index < -0.39 is 0 Å². The molecular weight excluding hydrogens is 224 g/mol. The van der Waals surface area contributed by atoms with Gasteiger partial charge in [0.1, 0.15) is 0 Å². The molecule has 0 atom stereocenters. The molecule has 3 heteroatoms. The molecule has 88 valence electrons. The Labute approximate surface area is 105 Å². The van der Waals surface area contributed by atoms with Gasteiger partial charge in [-0.05, 0) is 18.2 Å². The molecule has 0 amide bonds. The first-order valence-corrected chi connectivity index (χ1v) is 5.84. The van der Waals surface area contributed by atoms with E-state index in [9.17, 15) is 4.79 Å². The van der Waals surface area contributed by atoms with Crippen molar-refractivity contribution in [2.45, 2.75) is 6.42 Å². The highest BCUT2D eigenvalue weighted by Gasteiger charge is 2.05. The van der Waals surface area contributed by atoms with E-state index in [2.05, 4.69) is 10.3 Å². The number of ketones is 1. The van der Waals surface area contributed by atoms with Gasteiger partial charge >= 0.3 is 0 Å². The van der Waals surface area contributed by atoms with Crippen LogP contribution in [0.1, 0.15) is 6.42 Å². The topological polar surface area (TPSA) is 42.0 Å². The van der Waals surface area contributed by atoms with Gasteiger partial charge in [-0.15, -0.1) is 0 Å². The van der Waals surface area contributed by atoms with Gasteiger partial charge in [-0.25, -0.2) is 0 Å². The number of benzene rings is 1. The molecule has 18 heavy (non-hydrogen) atoms. The first-order chi connectivity index (χ1) is 8.81. The Balaban J connectivity index is 1.89. The van der Waals surface area contributed by atoms with E-state index in [1.54, 1.807) is 18.3 Å². The molecule has 0 saturated carbocycles. The highest BCUT2D eigenvalue weighted by Crippen LogP contribution is 2.19. The first kappa shape index (κ1) is 10.7. The van der Waals surface area contributed by atoms with E-state index in [1.807, 2.05) is 36.4 Å². The van der Waals surface area contributed by atoms with Gasteiger partial charge in [-0.1, -0.05) is 24.3 Å². The second-order valence-corrected chi connectivity index (χ2v) is 4.22. The fraction of sp³-hybridized carbons (Fsp3) is 0.0667. The van der Waals surface area contributed by atoms with Gasteiger partial charge in [-0.2, -0.15) is 0 Å². The number of aromatic nitrogens is 1. The molecule has 0 bridgehead atoms. The van der Waals surface area contributed by atoms with Crippen LogP contribution in [0.4, 0.5) is 5.69 Å². The second kappa shape index (κ2) is 4.45. The number of pyridine rings is 1. The summed E-state index contributed by atoms with van der Waals surface area (Å²) >= 11 is 0. The average Bonchev–Trinajstić information content (AvgIpc) is 2.39. The highest BCUT2D eigenvalue weighted by molar-refractivity contribution is 6.01. The summed E-state index contributed by atoms with van der Waals surface area (Å²) in [5.41, 5.74) is 2.78. The molecule has 1 N–H and O–H groups in total. The lowest BCUT2D eigenvalue weighted by molar-refractivity contribution is -0.110. The van der Waals surface area contributed by atoms with Gasteiger partial charge in [-0.3, -0.25) is 9.78 Å². The maximum absolute atomic E-state index is 11.3. The minimum absolute atomic E-state index is 0.0255. The number of carbonyl (C=O) groups excluding carboxylic acids is 1. The van der Waals surface area contributed by atoms with Crippen LogP contribution in [0.3, 0.4) is 0 Å². The summed E-state index contributed by atoms with van der Waals surface area (Å²) in [4.78, 5) is 15.6. The van der Waals surface area contributed by atoms with E-state index >= 15 is 0 Å². The van der Waals surface area contributed by atoms with Crippen molar-refractivity contribution in [2.75, 3.05) is 5.32 Å². The molecule has 3 nitrogen and oxygen atoms in total. The standard InChI is InChI=1S/C15H12N2O/c18-14-6-3-5-12(9-14)17-13-8-11-4-1-2-7-15(11)16-10-13/h1-4,6-10,17H,5H2. The van der Waals surface area contributed by atoms with Gasteiger partial charge in [0, 0.05) is 23.6 Å². The minimum atomic E-state index is 0.0255. The van der Waals surface area contributed by atoms with Crippen molar-refractivity contribution in [3.63, 3.8) is 0 Å². The Morgan fingerprint density at radius 2 is 2.11 bits per heavy atom.